The summed E-state index contributed by atoms with van der Waals surface area (Å²) in [6, 6.07) is 11.3. The van der Waals surface area contributed by atoms with Crippen LogP contribution in [-0.4, -0.2) is 79.7 Å². The number of hydrogen-bond acceptors (Lipinski definition) is 9. The van der Waals surface area contributed by atoms with Crippen LogP contribution in [0.2, 0.25) is 0 Å². The van der Waals surface area contributed by atoms with E-state index < -0.39 is 75.6 Å². The first-order valence-corrected chi connectivity index (χ1v) is 12.8. The van der Waals surface area contributed by atoms with E-state index in [9.17, 15) is 39.9 Å². The number of ketones is 2. The number of aliphatic hydroxyl groups excluding tert-OH is 3. The highest BCUT2D eigenvalue weighted by Crippen LogP contribution is 2.56. The predicted octanol–water partition coefficient (Wildman–Crippen LogP) is 1.67. The summed E-state index contributed by atoms with van der Waals surface area (Å²) in [5.41, 5.74) is 2.63. The average Bonchev–Trinajstić information content (AvgIpc) is 2.90. The molecule has 2 aromatic carbocycles. The van der Waals surface area contributed by atoms with Crippen LogP contribution in [0.4, 0.5) is 0 Å². The van der Waals surface area contributed by atoms with Gasteiger partial charge in [-0.05, 0) is 31.1 Å². The van der Waals surface area contributed by atoms with Crippen molar-refractivity contribution in [3.8, 4) is 5.75 Å². The number of phenols is 1. The maximum absolute atomic E-state index is 14.0. The monoisotopic (exact) mass is 546 g/mol. The number of amides is 1. The van der Waals surface area contributed by atoms with Crippen molar-refractivity contribution in [3.63, 3.8) is 0 Å². The number of hydrogen-bond donors (Lipinski definition) is 6. The Morgan fingerprint density at radius 2 is 1.68 bits per heavy atom. The van der Waals surface area contributed by atoms with Gasteiger partial charge in [-0.2, -0.15) is 0 Å². The van der Waals surface area contributed by atoms with Gasteiger partial charge in [-0.3, -0.25) is 19.3 Å². The van der Waals surface area contributed by atoms with Gasteiger partial charge in [-0.1, -0.05) is 61.5 Å². The fraction of sp³-hybridized carbons (Fsp3) is 0.300. The molecule has 6 atom stereocenters. The van der Waals surface area contributed by atoms with Gasteiger partial charge in [0.1, 0.15) is 22.8 Å². The first-order chi connectivity index (χ1) is 18.8. The molecular formula is C30H30N2O8. The zero-order valence-electron chi connectivity index (χ0n) is 22.1. The number of carbonyl (C=O) groups is 3. The number of Topliss-reactive ketones (excluding diaryl/α,β-unsaturated/α-hetero) is 2. The number of carbonyl (C=O) groups excluding carboxylic acids is 3. The summed E-state index contributed by atoms with van der Waals surface area (Å²) in [4.78, 5) is 40.7. The lowest BCUT2D eigenvalue weighted by molar-refractivity contribution is -0.169. The largest absolute Gasteiger partial charge is 0.508 e. The molecule has 0 saturated heterocycles. The molecule has 3 aliphatic carbocycles. The molecule has 3 aliphatic rings. The third-order valence-electron chi connectivity index (χ3n) is 8.42. The summed E-state index contributed by atoms with van der Waals surface area (Å²) in [6.45, 7) is 1.69. The molecule has 5 rings (SSSR count). The van der Waals surface area contributed by atoms with Crippen molar-refractivity contribution in [1.82, 2.24) is 4.90 Å². The van der Waals surface area contributed by atoms with E-state index in [2.05, 4.69) is 0 Å². The van der Waals surface area contributed by atoms with Gasteiger partial charge in [0.15, 0.2) is 11.4 Å². The highest BCUT2D eigenvalue weighted by molar-refractivity contribution is 6.24. The summed E-state index contributed by atoms with van der Waals surface area (Å²) in [5.74, 6) is -9.09. The third kappa shape index (κ3) is 3.64. The number of nitrogens with zero attached hydrogens (tertiary/aromatic N) is 1. The number of nitrogens with two attached hydrogens (primary N) is 1. The second kappa shape index (κ2) is 9.44. The summed E-state index contributed by atoms with van der Waals surface area (Å²) in [6.07, 6.45) is 1.77. The molecule has 0 heterocycles. The maximum atomic E-state index is 14.0. The molecule has 0 spiro atoms. The molecule has 0 aliphatic heterocycles. The van der Waals surface area contributed by atoms with Crippen molar-refractivity contribution in [3.05, 3.63) is 81.6 Å². The Morgan fingerprint density at radius 1 is 1.02 bits per heavy atom. The van der Waals surface area contributed by atoms with Gasteiger partial charge in [-0.15, -0.1) is 0 Å². The topological polar surface area (TPSA) is 182 Å². The van der Waals surface area contributed by atoms with E-state index in [-0.39, 0.29) is 11.3 Å². The van der Waals surface area contributed by atoms with Gasteiger partial charge in [0, 0.05) is 17.1 Å². The van der Waals surface area contributed by atoms with Gasteiger partial charge >= 0.3 is 0 Å². The van der Waals surface area contributed by atoms with Gasteiger partial charge < -0.3 is 31.3 Å². The normalized spacial score (nSPS) is 30.0. The van der Waals surface area contributed by atoms with Gasteiger partial charge in [-0.25, -0.2) is 0 Å². The summed E-state index contributed by atoms with van der Waals surface area (Å²) in [5, 5.41) is 57.0. The quantitative estimate of drug-likeness (QED) is 0.245. The number of fused-ring (bicyclic) bond motifs is 3. The molecule has 0 unspecified atom stereocenters. The Hall–Kier alpha value is -4.25. The highest BCUT2D eigenvalue weighted by Gasteiger charge is 2.68. The summed E-state index contributed by atoms with van der Waals surface area (Å²) in [7, 11) is 2.93. The van der Waals surface area contributed by atoms with Crippen LogP contribution in [-0.2, 0) is 14.4 Å². The average molecular weight is 547 g/mol. The minimum Gasteiger partial charge on any atom is -0.508 e. The van der Waals surface area contributed by atoms with E-state index in [4.69, 9.17) is 5.73 Å². The van der Waals surface area contributed by atoms with Gasteiger partial charge in [0.05, 0.1) is 23.6 Å². The van der Waals surface area contributed by atoms with Crippen molar-refractivity contribution in [2.75, 3.05) is 14.1 Å². The molecule has 1 fully saturated rings. The first kappa shape index (κ1) is 27.3. The van der Waals surface area contributed by atoms with Crippen molar-refractivity contribution in [2.24, 2.45) is 17.6 Å². The Balaban J connectivity index is 1.72. The van der Waals surface area contributed by atoms with E-state index in [0.717, 1.165) is 5.56 Å². The van der Waals surface area contributed by atoms with E-state index in [1.165, 1.54) is 19.0 Å². The second-order valence-electron chi connectivity index (χ2n) is 10.8. The van der Waals surface area contributed by atoms with Crippen LogP contribution < -0.4 is 5.73 Å². The van der Waals surface area contributed by atoms with Crippen molar-refractivity contribution in [1.29, 1.82) is 0 Å². The van der Waals surface area contributed by atoms with Crippen LogP contribution in [0, 0.1) is 11.8 Å². The van der Waals surface area contributed by atoms with Crippen molar-refractivity contribution >= 4 is 35.4 Å². The number of primary amides is 1. The Bertz CT molecular complexity index is 1540. The molecular weight excluding hydrogens is 516 g/mol. The lowest BCUT2D eigenvalue weighted by atomic mass is 9.54. The molecule has 1 amide bonds. The number of phenolic OH excluding ortho intramolecular Hbond substituents is 1. The number of aliphatic hydroxyl groups is 4. The minimum absolute atomic E-state index is 0.0498. The molecule has 40 heavy (non-hydrogen) atoms. The second-order valence-corrected chi connectivity index (χ2v) is 10.8. The Morgan fingerprint density at radius 3 is 2.27 bits per heavy atom. The predicted molar refractivity (Wildman–Crippen MR) is 146 cm³/mol. The lowest BCUT2D eigenvalue weighted by Crippen LogP contribution is -2.70. The van der Waals surface area contributed by atoms with Crippen LogP contribution in [0.1, 0.15) is 35.1 Å². The zero-order chi connectivity index (χ0) is 29.3. The fourth-order valence-corrected chi connectivity index (χ4v) is 6.52. The van der Waals surface area contributed by atoms with Crippen LogP contribution in [0.5, 0.6) is 5.75 Å². The number of rotatable bonds is 4. The number of aromatic hydroxyl groups is 1. The Kier molecular flexibility index (Phi) is 6.45. The summed E-state index contributed by atoms with van der Waals surface area (Å²) < 4.78 is 0. The van der Waals surface area contributed by atoms with Crippen LogP contribution in [0.15, 0.2) is 59.4 Å². The van der Waals surface area contributed by atoms with Crippen molar-refractivity contribution in [2.45, 2.75) is 30.6 Å². The van der Waals surface area contributed by atoms with Gasteiger partial charge in [0.2, 0.25) is 5.78 Å². The number of benzene rings is 2. The molecule has 0 radical (unpaired) electrons. The van der Waals surface area contributed by atoms with E-state index >= 15 is 0 Å². The zero-order valence-corrected chi connectivity index (χ0v) is 22.1. The maximum Gasteiger partial charge on any atom is 0.255 e. The SMILES string of the molecule is C[C@H]1c2ccc(/C=C/c3ccccc3)c(O)c2C(O)=C2C(=O)[C@]3(O)C(O)=C(C(N)=O)C(=O)[C@@H](N(C)C)[C@@H]3[C@@H](O)[C@@H]21. The molecule has 10 nitrogen and oxygen atoms in total. The van der Waals surface area contributed by atoms with Gasteiger partial charge in [0.25, 0.3) is 5.91 Å². The molecule has 7 N–H and O–H groups in total. The standard InChI is InChI=1S/C30H30N2O8/c1-13-16-12-11-15(10-9-14-7-5-4-6-8-14)23(33)18(16)24(34)19-17(13)25(35)21-22(32(2)3)26(36)20(29(31)39)28(38)30(21,40)27(19)37/h4-13,17,21-22,25,33-35,38,40H,1-3H3,(H2,31,39)/b10-9+/t13-,17+,21+,22-,25-,30-/m0/s1. The van der Waals surface area contributed by atoms with Crippen LogP contribution >= 0.6 is 0 Å². The van der Waals surface area contributed by atoms with E-state index in [1.807, 2.05) is 30.3 Å². The van der Waals surface area contributed by atoms with E-state index in [0.29, 0.717) is 11.1 Å². The molecule has 10 heteroatoms. The smallest absolute Gasteiger partial charge is 0.255 e. The molecule has 208 valence electrons. The molecule has 1 saturated carbocycles. The molecule has 0 bridgehead atoms. The Labute approximate surface area is 230 Å². The first-order valence-electron chi connectivity index (χ1n) is 12.8. The molecule has 2 aromatic rings. The van der Waals surface area contributed by atoms with E-state index in [1.54, 1.807) is 31.2 Å². The van der Waals surface area contributed by atoms with Crippen LogP contribution in [0.3, 0.4) is 0 Å². The highest BCUT2D eigenvalue weighted by atomic mass is 16.4. The third-order valence-corrected chi connectivity index (χ3v) is 8.42. The molecule has 0 aromatic heterocycles. The fourth-order valence-electron chi connectivity index (χ4n) is 6.52. The van der Waals surface area contributed by atoms with Crippen molar-refractivity contribution < 1.29 is 39.9 Å². The lowest BCUT2D eigenvalue weighted by Gasteiger charge is -2.53. The minimum atomic E-state index is -2.94. The summed E-state index contributed by atoms with van der Waals surface area (Å²) >= 11 is 0. The van der Waals surface area contributed by atoms with Crippen LogP contribution in [0.25, 0.3) is 17.9 Å². The number of likely N-dealkylation sites (N-methyl/N-ethyl adjacent to an activating group) is 1.